The number of nitrogens with zero attached hydrogens (tertiary/aromatic N) is 1. The highest BCUT2D eigenvalue weighted by Crippen LogP contribution is 2.33. The molecule has 1 aliphatic carbocycles. The van der Waals surface area contributed by atoms with Gasteiger partial charge in [0, 0.05) is 24.7 Å². The van der Waals surface area contributed by atoms with Crippen LogP contribution in [0.1, 0.15) is 26.2 Å². The number of carbonyl (C=O) groups excluding carboxylic acids is 1. The van der Waals surface area contributed by atoms with Crippen molar-refractivity contribution in [3.63, 3.8) is 0 Å². The molecule has 0 radical (unpaired) electrons. The van der Waals surface area contributed by atoms with Gasteiger partial charge in [-0.1, -0.05) is 6.58 Å². The van der Waals surface area contributed by atoms with Crippen molar-refractivity contribution in [2.75, 3.05) is 6.54 Å². The van der Waals surface area contributed by atoms with Gasteiger partial charge in [-0.2, -0.15) is 0 Å². The summed E-state index contributed by atoms with van der Waals surface area (Å²) in [4.78, 5) is 13.6. The van der Waals surface area contributed by atoms with Crippen LogP contribution < -0.4 is 5.32 Å². The number of amides is 1. The van der Waals surface area contributed by atoms with E-state index in [0.717, 1.165) is 19.0 Å². The quantitative estimate of drug-likeness (QED) is 0.677. The van der Waals surface area contributed by atoms with E-state index < -0.39 is 0 Å². The molecule has 1 N–H and O–H groups in total. The lowest BCUT2D eigenvalue weighted by Crippen LogP contribution is -2.36. The molecule has 2 aliphatic rings. The molecule has 2 unspecified atom stereocenters. The Morgan fingerprint density at radius 1 is 1.57 bits per heavy atom. The summed E-state index contributed by atoms with van der Waals surface area (Å²) in [5.74, 6) is -0.0418. The zero-order valence-corrected chi connectivity index (χ0v) is 8.70. The highest BCUT2D eigenvalue weighted by molar-refractivity contribution is 5.87. The Bertz CT molecular complexity index is 248. The summed E-state index contributed by atoms with van der Waals surface area (Å²) in [5.41, 5.74) is 0. The lowest BCUT2D eigenvalue weighted by Gasteiger charge is -2.19. The monoisotopic (exact) mass is 194 g/mol. The molecule has 3 nitrogen and oxygen atoms in total. The van der Waals surface area contributed by atoms with Gasteiger partial charge in [0.1, 0.15) is 0 Å². The Labute approximate surface area is 85.2 Å². The minimum absolute atomic E-state index is 0.0418. The van der Waals surface area contributed by atoms with Crippen molar-refractivity contribution >= 4 is 5.91 Å². The Morgan fingerprint density at radius 3 is 2.86 bits per heavy atom. The molecule has 1 saturated heterocycles. The first kappa shape index (κ1) is 9.71. The molecule has 78 valence electrons. The number of nitrogens with one attached hydrogen (secondary N) is 1. The van der Waals surface area contributed by atoms with Crippen molar-refractivity contribution in [3.8, 4) is 0 Å². The van der Waals surface area contributed by atoms with Crippen LogP contribution in [-0.4, -0.2) is 35.5 Å². The second-order valence-electron chi connectivity index (χ2n) is 4.42. The van der Waals surface area contributed by atoms with Gasteiger partial charge in [-0.15, -0.1) is 0 Å². The standard InChI is InChI=1S/C11H18N2O/c1-3-11(14)12-9-6-8(2)13(7-9)10-4-5-10/h3,8-10H,1,4-7H2,2H3,(H,12,14). The first-order chi connectivity index (χ1) is 6.70. The van der Waals surface area contributed by atoms with E-state index in [1.807, 2.05) is 0 Å². The van der Waals surface area contributed by atoms with E-state index in [2.05, 4.69) is 23.7 Å². The predicted molar refractivity (Wildman–Crippen MR) is 55.9 cm³/mol. The van der Waals surface area contributed by atoms with Crippen LogP contribution in [0, 0.1) is 0 Å². The van der Waals surface area contributed by atoms with Crippen molar-refractivity contribution in [2.45, 2.75) is 44.3 Å². The summed E-state index contributed by atoms with van der Waals surface area (Å²) < 4.78 is 0. The molecule has 2 rings (SSSR count). The normalized spacial score (nSPS) is 32.9. The molecule has 0 aromatic heterocycles. The van der Waals surface area contributed by atoms with Crippen molar-refractivity contribution in [1.82, 2.24) is 10.2 Å². The minimum Gasteiger partial charge on any atom is -0.348 e. The molecule has 0 bridgehead atoms. The zero-order valence-electron chi connectivity index (χ0n) is 8.70. The highest BCUT2D eigenvalue weighted by atomic mass is 16.1. The Hall–Kier alpha value is -0.830. The molecule has 1 aliphatic heterocycles. The van der Waals surface area contributed by atoms with Crippen molar-refractivity contribution in [1.29, 1.82) is 0 Å². The van der Waals surface area contributed by atoms with Crippen LogP contribution in [0.5, 0.6) is 0 Å². The van der Waals surface area contributed by atoms with Crippen LogP contribution >= 0.6 is 0 Å². The SMILES string of the molecule is C=CC(=O)NC1CC(C)N(C2CC2)C1. The van der Waals surface area contributed by atoms with Crippen molar-refractivity contribution in [3.05, 3.63) is 12.7 Å². The number of rotatable bonds is 3. The number of hydrogen-bond acceptors (Lipinski definition) is 2. The Kier molecular flexibility index (Phi) is 2.59. The maximum Gasteiger partial charge on any atom is 0.243 e. The first-order valence-corrected chi connectivity index (χ1v) is 5.39. The molecule has 3 heteroatoms. The van der Waals surface area contributed by atoms with E-state index in [0.29, 0.717) is 12.1 Å². The van der Waals surface area contributed by atoms with Crippen LogP contribution in [0.4, 0.5) is 0 Å². The second-order valence-corrected chi connectivity index (χ2v) is 4.42. The van der Waals surface area contributed by atoms with Gasteiger partial charge in [-0.25, -0.2) is 0 Å². The molecule has 1 heterocycles. The third-order valence-electron chi connectivity index (χ3n) is 3.17. The van der Waals surface area contributed by atoms with E-state index >= 15 is 0 Å². The summed E-state index contributed by atoms with van der Waals surface area (Å²) in [6.45, 7) is 6.73. The van der Waals surface area contributed by atoms with Gasteiger partial charge in [-0.3, -0.25) is 9.69 Å². The van der Waals surface area contributed by atoms with Crippen LogP contribution in [-0.2, 0) is 4.79 Å². The maximum absolute atomic E-state index is 11.1. The molecular formula is C11H18N2O. The molecule has 0 aromatic carbocycles. The van der Waals surface area contributed by atoms with Gasteiger partial charge in [0.2, 0.25) is 5.91 Å². The fourth-order valence-corrected chi connectivity index (χ4v) is 2.34. The molecule has 14 heavy (non-hydrogen) atoms. The van der Waals surface area contributed by atoms with E-state index in [4.69, 9.17) is 0 Å². The van der Waals surface area contributed by atoms with Crippen LogP contribution in [0.15, 0.2) is 12.7 Å². The molecule has 2 atom stereocenters. The zero-order chi connectivity index (χ0) is 10.1. The largest absolute Gasteiger partial charge is 0.348 e. The smallest absolute Gasteiger partial charge is 0.243 e. The number of likely N-dealkylation sites (tertiary alicyclic amines) is 1. The highest BCUT2D eigenvalue weighted by Gasteiger charge is 2.38. The topological polar surface area (TPSA) is 32.3 Å². The molecule has 1 amide bonds. The third-order valence-corrected chi connectivity index (χ3v) is 3.17. The molecule has 2 fully saturated rings. The number of carbonyl (C=O) groups is 1. The van der Waals surface area contributed by atoms with E-state index in [1.54, 1.807) is 0 Å². The summed E-state index contributed by atoms with van der Waals surface area (Å²) >= 11 is 0. The van der Waals surface area contributed by atoms with E-state index in [-0.39, 0.29) is 5.91 Å². The van der Waals surface area contributed by atoms with Crippen LogP contribution in [0.3, 0.4) is 0 Å². The van der Waals surface area contributed by atoms with Gasteiger partial charge in [-0.05, 0) is 32.3 Å². The summed E-state index contributed by atoms with van der Waals surface area (Å²) in [7, 11) is 0. The van der Waals surface area contributed by atoms with E-state index in [1.165, 1.54) is 18.9 Å². The van der Waals surface area contributed by atoms with Gasteiger partial charge in [0.25, 0.3) is 0 Å². The predicted octanol–water partition coefficient (Wildman–Crippen LogP) is 0.914. The minimum atomic E-state index is -0.0418. The Morgan fingerprint density at radius 2 is 2.29 bits per heavy atom. The van der Waals surface area contributed by atoms with E-state index in [9.17, 15) is 4.79 Å². The fourth-order valence-electron chi connectivity index (χ4n) is 2.34. The van der Waals surface area contributed by atoms with Gasteiger partial charge < -0.3 is 5.32 Å². The number of hydrogen-bond donors (Lipinski definition) is 1. The van der Waals surface area contributed by atoms with Gasteiger partial charge in [0.05, 0.1) is 0 Å². The fraction of sp³-hybridized carbons (Fsp3) is 0.727. The maximum atomic E-state index is 11.1. The lowest BCUT2D eigenvalue weighted by molar-refractivity contribution is -0.117. The second kappa shape index (κ2) is 3.73. The van der Waals surface area contributed by atoms with Gasteiger partial charge in [0.15, 0.2) is 0 Å². The average molecular weight is 194 g/mol. The van der Waals surface area contributed by atoms with Crippen LogP contribution in [0.25, 0.3) is 0 Å². The van der Waals surface area contributed by atoms with Crippen molar-refractivity contribution in [2.24, 2.45) is 0 Å². The average Bonchev–Trinajstić information content (AvgIpc) is 2.92. The third kappa shape index (κ3) is 1.98. The molecule has 1 saturated carbocycles. The molecule has 0 spiro atoms. The Balaban J connectivity index is 1.85. The van der Waals surface area contributed by atoms with Crippen molar-refractivity contribution < 1.29 is 4.79 Å². The lowest BCUT2D eigenvalue weighted by atomic mass is 10.2. The summed E-state index contributed by atoms with van der Waals surface area (Å²) in [6, 6.07) is 1.75. The molecular weight excluding hydrogens is 176 g/mol. The van der Waals surface area contributed by atoms with Crippen LogP contribution in [0.2, 0.25) is 0 Å². The summed E-state index contributed by atoms with van der Waals surface area (Å²) in [5, 5.41) is 2.97. The van der Waals surface area contributed by atoms with Gasteiger partial charge >= 0.3 is 0 Å². The molecule has 0 aromatic rings. The summed E-state index contributed by atoms with van der Waals surface area (Å²) in [6.07, 6.45) is 5.11. The first-order valence-electron chi connectivity index (χ1n) is 5.39.